The summed E-state index contributed by atoms with van der Waals surface area (Å²) < 4.78 is 30.1. The summed E-state index contributed by atoms with van der Waals surface area (Å²) in [4.78, 5) is 24.4. The standard InChI is InChI=1S/C19H18N2O5S/c1-11(2)27(24,25)13-7-5-6-12(10-13)19(23)21-16-14-8-3-4-9-15(14)26-17(16)18(20)22/h3-11H,1-2H3,(H2,20,22)(H,21,23). The fourth-order valence-corrected chi connectivity index (χ4v) is 3.72. The first-order valence-electron chi connectivity index (χ1n) is 8.18. The van der Waals surface area contributed by atoms with Crippen molar-refractivity contribution >= 4 is 38.3 Å². The summed E-state index contributed by atoms with van der Waals surface area (Å²) in [6.07, 6.45) is 0. The molecule has 0 atom stereocenters. The smallest absolute Gasteiger partial charge is 0.286 e. The maximum absolute atomic E-state index is 12.7. The number of carbonyl (C=O) groups excluding carboxylic acids is 2. The second kappa shape index (κ2) is 6.88. The average molecular weight is 386 g/mol. The SMILES string of the molecule is CC(C)S(=O)(=O)c1cccc(C(=O)Nc2c(C(N)=O)oc3ccccc23)c1. The number of fused-ring (bicyclic) bond motifs is 1. The Morgan fingerprint density at radius 2 is 1.78 bits per heavy atom. The van der Waals surface area contributed by atoms with E-state index in [1.54, 1.807) is 38.1 Å². The van der Waals surface area contributed by atoms with E-state index in [-0.39, 0.29) is 21.9 Å². The molecule has 0 saturated heterocycles. The van der Waals surface area contributed by atoms with E-state index in [0.29, 0.717) is 11.0 Å². The summed E-state index contributed by atoms with van der Waals surface area (Å²) in [5, 5.41) is 2.51. The third kappa shape index (κ3) is 3.43. The number of anilines is 1. The van der Waals surface area contributed by atoms with Gasteiger partial charge in [0.25, 0.3) is 11.8 Å². The van der Waals surface area contributed by atoms with E-state index in [2.05, 4.69) is 5.32 Å². The number of benzene rings is 2. The highest BCUT2D eigenvalue weighted by atomic mass is 32.2. The molecule has 0 radical (unpaired) electrons. The maximum Gasteiger partial charge on any atom is 0.286 e. The zero-order valence-electron chi connectivity index (χ0n) is 14.7. The third-order valence-corrected chi connectivity index (χ3v) is 6.26. The van der Waals surface area contributed by atoms with Crippen molar-refractivity contribution in [2.45, 2.75) is 24.0 Å². The molecule has 8 heteroatoms. The second-order valence-electron chi connectivity index (χ2n) is 6.24. The molecule has 2 amide bonds. The number of primary amides is 1. The molecule has 27 heavy (non-hydrogen) atoms. The Morgan fingerprint density at radius 1 is 1.07 bits per heavy atom. The maximum atomic E-state index is 12.7. The number of nitrogens with two attached hydrogens (primary N) is 1. The summed E-state index contributed by atoms with van der Waals surface area (Å²) in [6.45, 7) is 3.14. The highest BCUT2D eigenvalue weighted by Gasteiger charge is 2.23. The monoisotopic (exact) mass is 386 g/mol. The van der Waals surface area contributed by atoms with Gasteiger partial charge < -0.3 is 15.5 Å². The molecule has 0 unspecified atom stereocenters. The zero-order chi connectivity index (χ0) is 19.8. The molecule has 140 valence electrons. The van der Waals surface area contributed by atoms with Crippen LogP contribution in [0.1, 0.15) is 34.8 Å². The Bertz CT molecular complexity index is 1150. The first-order valence-corrected chi connectivity index (χ1v) is 9.73. The number of sulfone groups is 1. The molecule has 0 saturated carbocycles. The van der Waals surface area contributed by atoms with Crippen molar-refractivity contribution < 1.29 is 22.4 Å². The number of nitrogens with one attached hydrogen (secondary N) is 1. The van der Waals surface area contributed by atoms with Crippen molar-refractivity contribution in [2.75, 3.05) is 5.32 Å². The van der Waals surface area contributed by atoms with Gasteiger partial charge in [0.05, 0.1) is 10.1 Å². The Balaban J connectivity index is 2.01. The molecule has 7 nitrogen and oxygen atoms in total. The lowest BCUT2D eigenvalue weighted by molar-refractivity contribution is 0.0977. The molecule has 0 bridgehead atoms. The van der Waals surface area contributed by atoms with Crippen molar-refractivity contribution in [1.29, 1.82) is 0 Å². The van der Waals surface area contributed by atoms with Crippen LogP contribution in [0.2, 0.25) is 0 Å². The first kappa shape index (κ1) is 18.7. The summed E-state index contributed by atoms with van der Waals surface area (Å²) in [6, 6.07) is 12.5. The van der Waals surface area contributed by atoms with Gasteiger partial charge in [-0.3, -0.25) is 9.59 Å². The Kier molecular flexibility index (Phi) is 4.75. The fraction of sp³-hybridized carbons (Fsp3) is 0.158. The quantitative estimate of drug-likeness (QED) is 0.698. The van der Waals surface area contributed by atoms with Crippen LogP contribution in [-0.2, 0) is 9.84 Å². The highest BCUT2D eigenvalue weighted by molar-refractivity contribution is 7.92. The van der Waals surface area contributed by atoms with Crippen LogP contribution in [0.15, 0.2) is 57.8 Å². The van der Waals surface area contributed by atoms with Crippen molar-refractivity contribution in [1.82, 2.24) is 0 Å². The van der Waals surface area contributed by atoms with Gasteiger partial charge in [-0.1, -0.05) is 18.2 Å². The van der Waals surface area contributed by atoms with Crippen molar-refractivity contribution in [3.63, 3.8) is 0 Å². The lowest BCUT2D eigenvalue weighted by atomic mass is 10.2. The molecule has 0 aliphatic heterocycles. The van der Waals surface area contributed by atoms with Crippen LogP contribution in [0.4, 0.5) is 5.69 Å². The van der Waals surface area contributed by atoms with Crippen molar-refractivity contribution in [3.8, 4) is 0 Å². The van der Waals surface area contributed by atoms with Crippen LogP contribution in [0, 0.1) is 0 Å². The molecule has 3 rings (SSSR count). The number of para-hydroxylation sites is 1. The van der Waals surface area contributed by atoms with E-state index < -0.39 is 26.9 Å². The van der Waals surface area contributed by atoms with Gasteiger partial charge in [-0.25, -0.2) is 8.42 Å². The van der Waals surface area contributed by atoms with E-state index >= 15 is 0 Å². The number of furan rings is 1. The lowest BCUT2D eigenvalue weighted by Crippen LogP contribution is -2.18. The number of hydrogen-bond donors (Lipinski definition) is 2. The predicted molar refractivity (Wildman–Crippen MR) is 101 cm³/mol. The van der Waals surface area contributed by atoms with Crippen LogP contribution >= 0.6 is 0 Å². The summed E-state index contributed by atoms with van der Waals surface area (Å²) in [5.41, 5.74) is 6.03. The van der Waals surface area contributed by atoms with Crippen molar-refractivity contribution in [2.24, 2.45) is 5.73 Å². The van der Waals surface area contributed by atoms with Crippen LogP contribution in [-0.4, -0.2) is 25.5 Å². The largest absolute Gasteiger partial charge is 0.449 e. The molecule has 0 aliphatic carbocycles. The molecule has 3 N–H and O–H groups in total. The van der Waals surface area contributed by atoms with Gasteiger partial charge in [0.2, 0.25) is 5.76 Å². The molecule has 1 heterocycles. The minimum absolute atomic E-state index is 0.0531. The highest BCUT2D eigenvalue weighted by Crippen LogP contribution is 2.31. The van der Waals surface area contributed by atoms with Gasteiger partial charge in [-0.05, 0) is 44.2 Å². The van der Waals surface area contributed by atoms with Crippen LogP contribution < -0.4 is 11.1 Å². The molecule has 0 fully saturated rings. The topological polar surface area (TPSA) is 119 Å². The minimum Gasteiger partial charge on any atom is -0.449 e. The lowest BCUT2D eigenvalue weighted by Gasteiger charge is -2.10. The molecular weight excluding hydrogens is 368 g/mol. The van der Waals surface area contributed by atoms with E-state index in [1.807, 2.05) is 0 Å². The number of rotatable bonds is 5. The van der Waals surface area contributed by atoms with Gasteiger partial charge in [-0.15, -0.1) is 0 Å². The zero-order valence-corrected chi connectivity index (χ0v) is 15.5. The van der Waals surface area contributed by atoms with E-state index in [4.69, 9.17) is 10.2 Å². The molecular formula is C19H18N2O5S. The molecule has 0 aliphatic rings. The molecule has 0 spiro atoms. The van der Waals surface area contributed by atoms with Crippen LogP contribution in [0.5, 0.6) is 0 Å². The van der Waals surface area contributed by atoms with E-state index in [1.165, 1.54) is 24.3 Å². The molecule has 3 aromatic rings. The Labute approximate surface area is 156 Å². The van der Waals surface area contributed by atoms with Crippen LogP contribution in [0.3, 0.4) is 0 Å². The van der Waals surface area contributed by atoms with Gasteiger partial charge >= 0.3 is 0 Å². The van der Waals surface area contributed by atoms with Gasteiger partial charge in [0.1, 0.15) is 11.3 Å². The second-order valence-corrected chi connectivity index (χ2v) is 8.75. The van der Waals surface area contributed by atoms with Crippen LogP contribution in [0.25, 0.3) is 11.0 Å². The van der Waals surface area contributed by atoms with Gasteiger partial charge in [0, 0.05) is 10.9 Å². The number of hydrogen-bond acceptors (Lipinski definition) is 5. The number of amides is 2. The Morgan fingerprint density at radius 3 is 2.44 bits per heavy atom. The summed E-state index contributed by atoms with van der Waals surface area (Å²) >= 11 is 0. The average Bonchev–Trinajstić information content (AvgIpc) is 3.00. The van der Waals surface area contributed by atoms with Crippen molar-refractivity contribution in [3.05, 3.63) is 59.9 Å². The molecule has 2 aromatic carbocycles. The Hall–Kier alpha value is -3.13. The summed E-state index contributed by atoms with van der Waals surface area (Å²) in [7, 11) is -3.52. The fourth-order valence-electron chi connectivity index (χ4n) is 2.62. The first-order chi connectivity index (χ1) is 12.7. The predicted octanol–water partition coefficient (Wildman–Crippen LogP) is 2.97. The minimum atomic E-state index is -3.52. The third-order valence-electron chi connectivity index (χ3n) is 4.10. The number of carbonyl (C=O) groups is 2. The van der Waals surface area contributed by atoms with Gasteiger partial charge in [-0.2, -0.15) is 0 Å². The molecule has 1 aromatic heterocycles. The van der Waals surface area contributed by atoms with Gasteiger partial charge in [0.15, 0.2) is 9.84 Å². The van der Waals surface area contributed by atoms with E-state index in [9.17, 15) is 18.0 Å². The van der Waals surface area contributed by atoms with E-state index in [0.717, 1.165) is 0 Å². The summed E-state index contributed by atoms with van der Waals surface area (Å²) in [5.74, 6) is -1.57. The normalized spacial score (nSPS) is 11.7.